The SMILES string of the molecule is COC1CC(Nc2ccncc2[N+](=O)[O-])C1(C)C. The molecule has 1 saturated carbocycles. The highest BCUT2D eigenvalue weighted by Gasteiger charge is 2.48. The van der Waals surface area contributed by atoms with Crippen LogP contribution >= 0.6 is 0 Å². The molecule has 1 aromatic heterocycles. The van der Waals surface area contributed by atoms with Crippen LogP contribution in [0.15, 0.2) is 18.5 Å². The Kier molecular flexibility index (Phi) is 3.21. The summed E-state index contributed by atoms with van der Waals surface area (Å²) in [6.07, 6.45) is 3.86. The molecule has 1 heterocycles. The van der Waals surface area contributed by atoms with Gasteiger partial charge in [0.15, 0.2) is 0 Å². The highest BCUT2D eigenvalue weighted by Crippen LogP contribution is 2.44. The normalized spacial score (nSPS) is 25.3. The molecule has 1 aromatic rings. The van der Waals surface area contributed by atoms with Gasteiger partial charge in [-0.05, 0) is 12.5 Å². The van der Waals surface area contributed by atoms with Crippen LogP contribution in [0.4, 0.5) is 11.4 Å². The van der Waals surface area contributed by atoms with Crippen molar-refractivity contribution in [1.29, 1.82) is 0 Å². The van der Waals surface area contributed by atoms with Crippen molar-refractivity contribution in [2.24, 2.45) is 5.41 Å². The van der Waals surface area contributed by atoms with Gasteiger partial charge < -0.3 is 10.1 Å². The van der Waals surface area contributed by atoms with Crippen LogP contribution in [0.2, 0.25) is 0 Å². The zero-order valence-corrected chi connectivity index (χ0v) is 10.7. The maximum Gasteiger partial charge on any atom is 0.310 e. The molecule has 2 atom stereocenters. The third-order valence-electron chi connectivity index (χ3n) is 3.79. The summed E-state index contributed by atoms with van der Waals surface area (Å²) in [5.74, 6) is 0. The predicted octanol–water partition coefficient (Wildman–Crippen LogP) is 2.22. The van der Waals surface area contributed by atoms with Crippen molar-refractivity contribution in [2.75, 3.05) is 12.4 Å². The zero-order chi connectivity index (χ0) is 13.3. The van der Waals surface area contributed by atoms with E-state index in [1.807, 2.05) is 0 Å². The number of ether oxygens (including phenoxy) is 1. The van der Waals surface area contributed by atoms with Crippen LogP contribution in [-0.2, 0) is 4.74 Å². The first-order chi connectivity index (χ1) is 8.46. The van der Waals surface area contributed by atoms with E-state index in [2.05, 4.69) is 24.1 Å². The second-order valence-corrected chi connectivity index (χ2v) is 5.13. The molecule has 0 saturated heterocycles. The van der Waals surface area contributed by atoms with Crippen molar-refractivity contribution in [3.05, 3.63) is 28.6 Å². The molecule has 1 aliphatic carbocycles. The molecular formula is C12H17N3O3. The van der Waals surface area contributed by atoms with Gasteiger partial charge in [-0.2, -0.15) is 0 Å². The maximum atomic E-state index is 10.9. The molecule has 0 spiro atoms. The van der Waals surface area contributed by atoms with Crippen molar-refractivity contribution >= 4 is 11.4 Å². The third-order valence-corrected chi connectivity index (χ3v) is 3.79. The second kappa shape index (κ2) is 4.53. The van der Waals surface area contributed by atoms with E-state index in [1.165, 1.54) is 6.20 Å². The van der Waals surface area contributed by atoms with E-state index in [4.69, 9.17) is 4.74 Å². The van der Waals surface area contributed by atoms with Crippen LogP contribution in [0.25, 0.3) is 0 Å². The fraction of sp³-hybridized carbons (Fsp3) is 0.583. The van der Waals surface area contributed by atoms with Crippen LogP contribution < -0.4 is 5.32 Å². The number of nitrogens with one attached hydrogen (secondary N) is 1. The van der Waals surface area contributed by atoms with Gasteiger partial charge in [0.2, 0.25) is 0 Å². The van der Waals surface area contributed by atoms with Crippen LogP contribution in [0, 0.1) is 15.5 Å². The van der Waals surface area contributed by atoms with Crippen LogP contribution in [0.3, 0.4) is 0 Å². The van der Waals surface area contributed by atoms with Crippen LogP contribution in [0.1, 0.15) is 20.3 Å². The molecule has 0 aromatic carbocycles. The first-order valence-corrected chi connectivity index (χ1v) is 5.84. The molecule has 1 fully saturated rings. The topological polar surface area (TPSA) is 77.3 Å². The van der Waals surface area contributed by atoms with Gasteiger partial charge in [0.25, 0.3) is 0 Å². The van der Waals surface area contributed by atoms with E-state index in [0.29, 0.717) is 5.69 Å². The number of hydrogen-bond acceptors (Lipinski definition) is 5. The van der Waals surface area contributed by atoms with Crippen LogP contribution in [-0.4, -0.2) is 29.2 Å². The Balaban J connectivity index is 2.14. The molecule has 18 heavy (non-hydrogen) atoms. The van der Waals surface area contributed by atoms with E-state index in [0.717, 1.165) is 6.42 Å². The number of pyridine rings is 1. The van der Waals surface area contributed by atoms with Gasteiger partial charge in [0.1, 0.15) is 11.9 Å². The molecular weight excluding hydrogens is 234 g/mol. The minimum Gasteiger partial charge on any atom is -0.381 e. The van der Waals surface area contributed by atoms with Gasteiger partial charge in [-0.1, -0.05) is 13.8 Å². The molecule has 0 amide bonds. The summed E-state index contributed by atoms with van der Waals surface area (Å²) in [4.78, 5) is 14.2. The van der Waals surface area contributed by atoms with E-state index in [-0.39, 0.29) is 23.2 Å². The first kappa shape index (κ1) is 12.8. The molecule has 1 N–H and O–H groups in total. The lowest BCUT2D eigenvalue weighted by Gasteiger charge is -2.51. The summed E-state index contributed by atoms with van der Waals surface area (Å²) in [7, 11) is 1.69. The number of aromatic nitrogens is 1. The van der Waals surface area contributed by atoms with E-state index >= 15 is 0 Å². The molecule has 2 rings (SSSR count). The number of rotatable bonds is 4. The number of nitrogens with zero attached hydrogens (tertiary/aromatic N) is 2. The zero-order valence-electron chi connectivity index (χ0n) is 10.7. The summed E-state index contributed by atoms with van der Waals surface area (Å²) >= 11 is 0. The lowest BCUT2D eigenvalue weighted by atomic mass is 9.64. The van der Waals surface area contributed by atoms with Crippen molar-refractivity contribution < 1.29 is 9.66 Å². The number of hydrogen-bond donors (Lipinski definition) is 1. The van der Waals surface area contributed by atoms with Gasteiger partial charge in [-0.15, -0.1) is 0 Å². The average molecular weight is 251 g/mol. The highest BCUT2D eigenvalue weighted by molar-refractivity contribution is 5.60. The Morgan fingerprint density at radius 3 is 2.89 bits per heavy atom. The largest absolute Gasteiger partial charge is 0.381 e. The molecule has 98 valence electrons. The van der Waals surface area contributed by atoms with Crippen molar-refractivity contribution in [3.8, 4) is 0 Å². The van der Waals surface area contributed by atoms with E-state index in [1.54, 1.807) is 19.4 Å². The average Bonchev–Trinajstić information content (AvgIpc) is 2.34. The summed E-state index contributed by atoms with van der Waals surface area (Å²) < 4.78 is 5.36. The quantitative estimate of drug-likeness (QED) is 0.655. The number of methoxy groups -OCH3 is 1. The molecule has 0 aliphatic heterocycles. The minimum atomic E-state index is -0.422. The van der Waals surface area contributed by atoms with Crippen LogP contribution in [0.5, 0.6) is 0 Å². The smallest absolute Gasteiger partial charge is 0.310 e. The van der Waals surface area contributed by atoms with E-state index in [9.17, 15) is 10.1 Å². The molecule has 1 aliphatic rings. The van der Waals surface area contributed by atoms with Gasteiger partial charge >= 0.3 is 5.69 Å². The molecule has 2 unspecified atom stereocenters. The van der Waals surface area contributed by atoms with Gasteiger partial charge in [0, 0.05) is 24.8 Å². The lowest BCUT2D eigenvalue weighted by Crippen LogP contribution is -2.57. The highest BCUT2D eigenvalue weighted by atomic mass is 16.6. The predicted molar refractivity (Wildman–Crippen MR) is 67.5 cm³/mol. The summed E-state index contributed by atoms with van der Waals surface area (Å²) in [6, 6.07) is 1.80. The Morgan fingerprint density at radius 2 is 2.33 bits per heavy atom. The van der Waals surface area contributed by atoms with E-state index < -0.39 is 4.92 Å². The third kappa shape index (κ3) is 2.03. The van der Waals surface area contributed by atoms with Crippen molar-refractivity contribution in [1.82, 2.24) is 4.98 Å². The number of anilines is 1. The summed E-state index contributed by atoms with van der Waals surface area (Å²) in [5.41, 5.74) is 0.489. The molecule has 6 nitrogen and oxygen atoms in total. The van der Waals surface area contributed by atoms with Crippen molar-refractivity contribution in [2.45, 2.75) is 32.4 Å². The standard InChI is InChI=1S/C12H17N3O3/c1-12(2)10(6-11(12)18-3)14-8-4-5-13-7-9(8)15(16)17/h4-5,7,10-11H,6H2,1-3H3,(H,13,14). The minimum absolute atomic E-state index is 0.00849. The Bertz CT molecular complexity index is 462. The molecule has 0 radical (unpaired) electrons. The number of nitro groups is 1. The lowest BCUT2D eigenvalue weighted by molar-refractivity contribution is -0.384. The fourth-order valence-electron chi connectivity index (χ4n) is 2.37. The fourth-order valence-corrected chi connectivity index (χ4v) is 2.37. The molecule has 6 heteroatoms. The maximum absolute atomic E-state index is 10.9. The first-order valence-electron chi connectivity index (χ1n) is 5.84. The Morgan fingerprint density at radius 1 is 1.61 bits per heavy atom. The van der Waals surface area contributed by atoms with Gasteiger partial charge in [-0.3, -0.25) is 15.1 Å². The summed E-state index contributed by atoms with van der Waals surface area (Å²) in [5, 5.41) is 14.1. The van der Waals surface area contributed by atoms with Gasteiger partial charge in [0.05, 0.1) is 11.0 Å². The monoisotopic (exact) mass is 251 g/mol. The van der Waals surface area contributed by atoms with Crippen molar-refractivity contribution in [3.63, 3.8) is 0 Å². The Labute approximate surface area is 106 Å². The summed E-state index contributed by atoms with van der Waals surface area (Å²) in [6.45, 7) is 4.19. The second-order valence-electron chi connectivity index (χ2n) is 5.13. The Hall–Kier alpha value is -1.69. The molecule has 0 bridgehead atoms. The van der Waals surface area contributed by atoms with Gasteiger partial charge in [-0.25, -0.2) is 0 Å².